The lowest BCUT2D eigenvalue weighted by Gasteiger charge is -2.26. The summed E-state index contributed by atoms with van der Waals surface area (Å²) in [7, 11) is 1.79. The Labute approximate surface area is 124 Å². The standard InChI is InChI=1S/C15H20ClN3O/c1-3-6-19(9-4-5-9)13-8-12-10(7-11(13)16)14(17-2)15(20)18-12/h7-9,14,17H,3-6H2,1-2H3,(H,18,20). The van der Waals surface area contributed by atoms with Crippen molar-refractivity contribution in [1.82, 2.24) is 5.32 Å². The van der Waals surface area contributed by atoms with Gasteiger partial charge in [-0.2, -0.15) is 0 Å². The summed E-state index contributed by atoms with van der Waals surface area (Å²) in [5, 5.41) is 6.69. The molecule has 0 bridgehead atoms. The first kappa shape index (κ1) is 13.7. The lowest BCUT2D eigenvalue weighted by molar-refractivity contribution is -0.117. The molecule has 1 atom stereocenters. The van der Waals surface area contributed by atoms with Crippen LogP contribution in [-0.2, 0) is 4.79 Å². The predicted molar refractivity (Wildman–Crippen MR) is 82.5 cm³/mol. The van der Waals surface area contributed by atoms with E-state index in [0.717, 1.165) is 34.9 Å². The highest BCUT2D eigenvalue weighted by molar-refractivity contribution is 6.33. The number of amides is 1. The Hall–Kier alpha value is -1.26. The van der Waals surface area contributed by atoms with Crippen LogP contribution >= 0.6 is 11.6 Å². The second kappa shape index (κ2) is 5.26. The maximum Gasteiger partial charge on any atom is 0.246 e. The van der Waals surface area contributed by atoms with E-state index < -0.39 is 0 Å². The Kier molecular flexibility index (Phi) is 3.61. The lowest BCUT2D eigenvalue weighted by Crippen LogP contribution is -2.26. The number of carbonyl (C=O) groups excluding carboxylic acids is 1. The van der Waals surface area contributed by atoms with Crippen molar-refractivity contribution < 1.29 is 4.79 Å². The van der Waals surface area contributed by atoms with Crippen LogP contribution in [0.1, 0.15) is 37.8 Å². The van der Waals surface area contributed by atoms with Crippen molar-refractivity contribution in [1.29, 1.82) is 0 Å². The topological polar surface area (TPSA) is 44.4 Å². The summed E-state index contributed by atoms with van der Waals surface area (Å²) in [6.07, 6.45) is 3.56. The Morgan fingerprint density at radius 3 is 2.80 bits per heavy atom. The fourth-order valence-corrected chi connectivity index (χ4v) is 3.18. The van der Waals surface area contributed by atoms with Gasteiger partial charge in [0.2, 0.25) is 5.91 Å². The highest BCUT2D eigenvalue weighted by Gasteiger charge is 2.34. The maximum absolute atomic E-state index is 11.9. The summed E-state index contributed by atoms with van der Waals surface area (Å²) in [6, 6.07) is 4.27. The van der Waals surface area contributed by atoms with Gasteiger partial charge in [-0.05, 0) is 38.4 Å². The predicted octanol–water partition coefficient (Wildman–Crippen LogP) is 2.93. The summed E-state index contributed by atoms with van der Waals surface area (Å²) in [5.41, 5.74) is 2.88. The molecule has 1 fully saturated rings. The van der Waals surface area contributed by atoms with Crippen molar-refractivity contribution in [2.45, 2.75) is 38.3 Å². The molecule has 1 aromatic rings. The first-order chi connectivity index (χ1) is 9.65. The normalized spacial score (nSPS) is 20.8. The molecule has 1 aromatic carbocycles. The van der Waals surface area contributed by atoms with Gasteiger partial charge in [-0.25, -0.2) is 0 Å². The molecule has 2 N–H and O–H groups in total. The molecule has 108 valence electrons. The van der Waals surface area contributed by atoms with Crippen molar-refractivity contribution in [3.05, 3.63) is 22.7 Å². The first-order valence-corrected chi connectivity index (χ1v) is 7.61. The van der Waals surface area contributed by atoms with Crippen LogP contribution in [0, 0.1) is 0 Å². The number of halogens is 1. The number of rotatable bonds is 5. The van der Waals surface area contributed by atoms with Crippen molar-refractivity contribution in [3.63, 3.8) is 0 Å². The number of fused-ring (bicyclic) bond motifs is 1. The van der Waals surface area contributed by atoms with Gasteiger partial charge < -0.3 is 15.5 Å². The monoisotopic (exact) mass is 293 g/mol. The van der Waals surface area contributed by atoms with Gasteiger partial charge in [0.25, 0.3) is 0 Å². The summed E-state index contributed by atoms with van der Waals surface area (Å²) < 4.78 is 0. The Morgan fingerprint density at radius 2 is 2.20 bits per heavy atom. The van der Waals surface area contributed by atoms with E-state index in [0.29, 0.717) is 6.04 Å². The molecule has 2 aliphatic rings. The van der Waals surface area contributed by atoms with Crippen LogP contribution in [0.4, 0.5) is 11.4 Å². The third-order valence-electron chi connectivity index (χ3n) is 4.00. The molecule has 1 saturated carbocycles. The molecule has 1 unspecified atom stereocenters. The number of hydrogen-bond acceptors (Lipinski definition) is 3. The van der Waals surface area contributed by atoms with Crippen LogP contribution in [0.3, 0.4) is 0 Å². The molecule has 5 heteroatoms. The molecule has 0 radical (unpaired) electrons. The van der Waals surface area contributed by atoms with Crippen molar-refractivity contribution in [3.8, 4) is 0 Å². The molecule has 0 aromatic heterocycles. The second-order valence-electron chi connectivity index (χ2n) is 5.53. The van der Waals surface area contributed by atoms with Gasteiger partial charge in [-0.15, -0.1) is 0 Å². The van der Waals surface area contributed by atoms with E-state index in [9.17, 15) is 4.79 Å². The van der Waals surface area contributed by atoms with Gasteiger partial charge in [-0.1, -0.05) is 18.5 Å². The molecular weight excluding hydrogens is 274 g/mol. The van der Waals surface area contributed by atoms with Gasteiger partial charge >= 0.3 is 0 Å². The van der Waals surface area contributed by atoms with Crippen LogP contribution in [0.25, 0.3) is 0 Å². The third kappa shape index (κ3) is 2.27. The molecule has 0 saturated heterocycles. The first-order valence-electron chi connectivity index (χ1n) is 7.24. The summed E-state index contributed by atoms with van der Waals surface area (Å²) in [5.74, 6) is -0.0100. The number of nitrogens with one attached hydrogen (secondary N) is 2. The quantitative estimate of drug-likeness (QED) is 0.877. The van der Waals surface area contributed by atoms with Gasteiger partial charge in [0.05, 0.1) is 10.7 Å². The van der Waals surface area contributed by atoms with Gasteiger partial charge in [0, 0.05) is 23.8 Å². The van der Waals surface area contributed by atoms with Crippen LogP contribution < -0.4 is 15.5 Å². The number of likely N-dealkylation sites (N-methyl/N-ethyl adjacent to an activating group) is 1. The van der Waals surface area contributed by atoms with Crippen LogP contribution in [-0.4, -0.2) is 25.5 Å². The Bertz CT molecular complexity index is 542. The number of anilines is 2. The van der Waals surface area contributed by atoms with E-state index in [1.165, 1.54) is 12.8 Å². The molecule has 1 heterocycles. The van der Waals surface area contributed by atoms with E-state index in [1.54, 1.807) is 7.05 Å². The minimum absolute atomic E-state index is 0.0100. The van der Waals surface area contributed by atoms with Crippen molar-refractivity contribution >= 4 is 28.9 Å². The van der Waals surface area contributed by atoms with Crippen molar-refractivity contribution in [2.75, 3.05) is 23.8 Å². The highest BCUT2D eigenvalue weighted by Crippen LogP contribution is 2.42. The molecule has 3 rings (SSSR count). The summed E-state index contributed by atoms with van der Waals surface area (Å²) >= 11 is 6.47. The zero-order chi connectivity index (χ0) is 14.3. The largest absolute Gasteiger partial charge is 0.367 e. The van der Waals surface area contributed by atoms with Crippen LogP contribution in [0.15, 0.2) is 12.1 Å². The van der Waals surface area contributed by atoms with E-state index in [2.05, 4.69) is 22.5 Å². The van der Waals surface area contributed by atoms with E-state index in [1.807, 2.05) is 12.1 Å². The average molecular weight is 294 g/mol. The summed E-state index contributed by atoms with van der Waals surface area (Å²) in [4.78, 5) is 14.3. The van der Waals surface area contributed by atoms with Crippen LogP contribution in [0.5, 0.6) is 0 Å². The van der Waals surface area contributed by atoms with Crippen LogP contribution in [0.2, 0.25) is 5.02 Å². The fraction of sp³-hybridized carbons (Fsp3) is 0.533. The van der Waals surface area contributed by atoms with E-state index in [-0.39, 0.29) is 11.9 Å². The molecule has 1 aliphatic carbocycles. The minimum Gasteiger partial charge on any atom is -0.367 e. The second-order valence-corrected chi connectivity index (χ2v) is 5.93. The summed E-state index contributed by atoms with van der Waals surface area (Å²) in [6.45, 7) is 3.18. The zero-order valence-electron chi connectivity index (χ0n) is 11.9. The molecule has 0 spiro atoms. The SMILES string of the molecule is CCCN(c1cc2c(cc1Cl)C(NC)C(=O)N2)C1CC1. The van der Waals surface area contributed by atoms with Gasteiger partial charge in [-0.3, -0.25) is 4.79 Å². The molecule has 4 nitrogen and oxygen atoms in total. The Morgan fingerprint density at radius 1 is 1.45 bits per heavy atom. The Balaban J connectivity index is 1.98. The third-order valence-corrected chi connectivity index (χ3v) is 4.30. The zero-order valence-corrected chi connectivity index (χ0v) is 12.6. The van der Waals surface area contributed by atoms with E-state index >= 15 is 0 Å². The number of carbonyl (C=O) groups is 1. The minimum atomic E-state index is -0.294. The fourth-order valence-electron chi connectivity index (χ4n) is 2.90. The van der Waals surface area contributed by atoms with E-state index in [4.69, 9.17) is 11.6 Å². The number of hydrogen-bond donors (Lipinski definition) is 2. The molecule has 1 aliphatic heterocycles. The maximum atomic E-state index is 11.9. The smallest absolute Gasteiger partial charge is 0.246 e. The average Bonchev–Trinajstić information content (AvgIpc) is 3.20. The number of benzene rings is 1. The lowest BCUT2D eigenvalue weighted by atomic mass is 10.1. The number of nitrogens with zero attached hydrogens (tertiary/aromatic N) is 1. The molecule has 1 amide bonds. The van der Waals surface area contributed by atoms with Crippen molar-refractivity contribution in [2.24, 2.45) is 0 Å². The molecular formula is C15H20ClN3O. The van der Waals surface area contributed by atoms with Gasteiger partial charge in [0.15, 0.2) is 0 Å². The molecule has 20 heavy (non-hydrogen) atoms. The van der Waals surface area contributed by atoms with Gasteiger partial charge in [0.1, 0.15) is 6.04 Å². The highest BCUT2D eigenvalue weighted by atomic mass is 35.5.